The van der Waals surface area contributed by atoms with Crippen molar-refractivity contribution in [3.05, 3.63) is 99.0 Å². The highest BCUT2D eigenvalue weighted by atomic mass is 79.9. The first kappa shape index (κ1) is 28.7. The van der Waals surface area contributed by atoms with Crippen molar-refractivity contribution in [2.24, 2.45) is 0 Å². The van der Waals surface area contributed by atoms with E-state index in [0.717, 1.165) is 26.2 Å². The fraction of sp³-hybridized carbons (Fsp3) is 0.259. The van der Waals surface area contributed by atoms with E-state index in [1.54, 1.807) is 42.5 Å². The van der Waals surface area contributed by atoms with Crippen molar-refractivity contribution in [3.63, 3.8) is 0 Å². The molecule has 3 aromatic carbocycles. The topological polar surface area (TPSA) is 86.8 Å². The molecule has 0 fully saturated rings. The number of hydrogen-bond donors (Lipinski definition) is 1. The van der Waals surface area contributed by atoms with Crippen LogP contribution in [0.15, 0.2) is 77.3 Å². The Morgan fingerprint density at radius 2 is 1.68 bits per heavy atom. The van der Waals surface area contributed by atoms with Gasteiger partial charge in [0.25, 0.3) is 0 Å². The number of nitrogens with one attached hydrogen (secondary N) is 1. The number of rotatable bonds is 10. The predicted octanol–water partition coefficient (Wildman–Crippen LogP) is 4.56. The highest BCUT2D eigenvalue weighted by Gasteiger charge is 2.33. The number of likely N-dealkylation sites (N-methyl/N-ethyl adjacent to an activating group) is 1. The summed E-state index contributed by atoms with van der Waals surface area (Å²) in [5.41, 5.74) is 2.68. The molecule has 10 heteroatoms. The van der Waals surface area contributed by atoms with Crippen molar-refractivity contribution in [1.82, 2.24) is 10.2 Å². The Morgan fingerprint density at radius 3 is 2.27 bits per heavy atom. The van der Waals surface area contributed by atoms with Gasteiger partial charge in [0, 0.05) is 29.5 Å². The molecule has 2 amide bonds. The first-order valence-corrected chi connectivity index (χ1v) is 14.6. The monoisotopic (exact) mass is 605 g/mol. The maximum absolute atomic E-state index is 13.9. The molecule has 3 aromatic rings. The highest BCUT2D eigenvalue weighted by molar-refractivity contribution is 9.10. The molecule has 0 unspecified atom stereocenters. The van der Waals surface area contributed by atoms with E-state index >= 15 is 0 Å². The second-order valence-corrected chi connectivity index (χ2v) is 11.8. The van der Waals surface area contributed by atoms with Crippen molar-refractivity contribution in [1.29, 1.82) is 0 Å². The summed E-state index contributed by atoms with van der Waals surface area (Å²) in [4.78, 5) is 28.4. The smallest absolute Gasteiger partial charge is 0.244 e. The zero-order valence-electron chi connectivity index (χ0n) is 20.8. The number of carbonyl (C=O) groups is 2. The zero-order valence-corrected chi connectivity index (χ0v) is 24.0. The van der Waals surface area contributed by atoms with Gasteiger partial charge in [-0.05, 0) is 47.9 Å². The van der Waals surface area contributed by atoms with E-state index in [1.807, 2.05) is 37.3 Å². The average molecular weight is 607 g/mol. The van der Waals surface area contributed by atoms with Crippen molar-refractivity contribution >= 4 is 55.1 Å². The first-order chi connectivity index (χ1) is 17.5. The van der Waals surface area contributed by atoms with Crippen LogP contribution in [0.4, 0.5) is 5.69 Å². The van der Waals surface area contributed by atoms with Crippen LogP contribution in [0.5, 0.6) is 0 Å². The van der Waals surface area contributed by atoms with Crippen LogP contribution in [0.25, 0.3) is 0 Å². The van der Waals surface area contributed by atoms with Crippen LogP contribution in [0.2, 0.25) is 5.02 Å². The average Bonchev–Trinajstić information content (AvgIpc) is 2.86. The van der Waals surface area contributed by atoms with Gasteiger partial charge in [-0.25, -0.2) is 8.42 Å². The molecule has 0 heterocycles. The van der Waals surface area contributed by atoms with E-state index in [2.05, 4.69) is 21.2 Å². The van der Waals surface area contributed by atoms with Gasteiger partial charge >= 0.3 is 0 Å². The van der Waals surface area contributed by atoms with Gasteiger partial charge in [-0.1, -0.05) is 76.1 Å². The minimum Gasteiger partial charge on any atom is -0.357 e. The number of nitrogens with zero attached hydrogens (tertiary/aromatic N) is 2. The van der Waals surface area contributed by atoms with E-state index < -0.39 is 28.5 Å². The Kier molecular flexibility index (Phi) is 9.75. The Labute approximate surface area is 231 Å². The Balaban J connectivity index is 2.05. The van der Waals surface area contributed by atoms with Gasteiger partial charge in [0.2, 0.25) is 21.8 Å². The number of sulfonamides is 1. The van der Waals surface area contributed by atoms with Gasteiger partial charge in [-0.2, -0.15) is 0 Å². The number of anilines is 1. The van der Waals surface area contributed by atoms with Gasteiger partial charge < -0.3 is 10.2 Å². The van der Waals surface area contributed by atoms with Gasteiger partial charge in [0.15, 0.2) is 0 Å². The molecule has 0 saturated heterocycles. The standard InChI is InChI=1S/C27H29BrClN3O4S/c1-19-15-22(13-14-23(19)28)32(37(3,35)36)18-26(33)31(17-21-11-7-8-12-24(21)29)25(27(34)30-2)16-20-9-5-4-6-10-20/h4-15,25H,16-18H2,1-3H3,(H,30,34)/t25-/m0/s1. The quantitative estimate of drug-likeness (QED) is 0.367. The number of halogens is 2. The molecule has 0 saturated carbocycles. The van der Waals surface area contributed by atoms with Crippen LogP contribution in [-0.4, -0.2) is 51.0 Å². The first-order valence-electron chi connectivity index (χ1n) is 11.5. The SMILES string of the molecule is CNC(=O)[C@H](Cc1ccccc1)N(Cc1ccccc1Cl)C(=O)CN(c1ccc(Br)c(C)c1)S(C)(=O)=O. The summed E-state index contributed by atoms with van der Waals surface area (Å²) in [7, 11) is -2.32. The lowest BCUT2D eigenvalue weighted by atomic mass is 10.0. The van der Waals surface area contributed by atoms with Crippen LogP contribution >= 0.6 is 27.5 Å². The number of hydrogen-bond acceptors (Lipinski definition) is 4. The van der Waals surface area contributed by atoms with E-state index in [0.29, 0.717) is 16.3 Å². The van der Waals surface area contributed by atoms with Gasteiger partial charge in [0.05, 0.1) is 11.9 Å². The fourth-order valence-electron chi connectivity index (χ4n) is 3.93. The fourth-order valence-corrected chi connectivity index (χ4v) is 5.21. The molecule has 0 aliphatic carbocycles. The molecular weight excluding hydrogens is 578 g/mol. The summed E-state index contributed by atoms with van der Waals surface area (Å²) in [6.07, 6.45) is 1.29. The van der Waals surface area contributed by atoms with Crippen LogP contribution < -0.4 is 9.62 Å². The molecule has 0 aromatic heterocycles. The molecular formula is C27H29BrClN3O4S. The summed E-state index contributed by atoms with van der Waals surface area (Å²) < 4.78 is 27.5. The molecule has 0 spiro atoms. The Hall–Kier alpha value is -2.88. The molecule has 3 rings (SSSR count). The van der Waals surface area contributed by atoms with E-state index in [9.17, 15) is 18.0 Å². The van der Waals surface area contributed by atoms with Crippen LogP contribution in [0.3, 0.4) is 0 Å². The molecule has 196 valence electrons. The van der Waals surface area contributed by atoms with Crippen molar-refractivity contribution in [2.45, 2.75) is 25.9 Å². The van der Waals surface area contributed by atoms with Crippen LogP contribution in [-0.2, 0) is 32.6 Å². The third-order valence-corrected chi connectivity index (χ3v) is 8.32. The molecule has 1 N–H and O–H groups in total. The van der Waals surface area contributed by atoms with E-state index in [4.69, 9.17) is 11.6 Å². The second kappa shape index (κ2) is 12.6. The number of benzene rings is 3. The Bertz CT molecular complexity index is 1370. The number of aryl methyl sites for hydroxylation is 1. The molecule has 7 nitrogen and oxygen atoms in total. The molecule has 37 heavy (non-hydrogen) atoms. The van der Waals surface area contributed by atoms with E-state index in [-0.39, 0.29) is 18.9 Å². The van der Waals surface area contributed by atoms with Gasteiger partial charge in [-0.15, -0.1) is 0 Å². The summed E-state index contributed by atoms with van der Waals surface area (Å²) >= 11 is 9.83. The molecule has 0 radical (unpaired) electrons. The lowest BCUT2D eigenvalue weighted by molar-refractivity contribution is -0.139. The van der Waals surface area contributed by atoms with Gasteiger partial charge in [0.1, 0.15) is 12.6 Å². The summed E-state index contributed by atoms with van der Waals surface area (Å²) in [6.45, 7) is 1.38. The third kappa shape index (κ3) is 7.56. The lowest BCUT2D eigenvalue weighted by Crippen LogP contribution is -2.52. The molecule has 0 aliphatic heterocycles. The third-order valence-electron chi connectivity index (χ3n) is 5.92. The zero-order chi connectivity index (χ0) is 27.2. The molecule has 0 bridgehead atoms. The minimum absolute atomic E-state index is 0.0282. The van der Waals surface area contributed by atoms with Crippen LogP contribution in [0.1, 0.15) is 16.7 Å². The maximum Gasteiger partial charge on any atom is 0.244 e. The highest BCUT2D eigenvalue weighted by Crippen LogP contribution is 2.26. The van der Waals surface area contributed by atoms with Gasteiger partial charge in [-0.3, -0.25) is 13.9 Å². The largest absolute Gasteiger partial charge is 0.357 e. The Morgan fingerprint density at radius 1 is 1.03 bits per heavy atom. The summed E-state index contributed by atoms with van der Waals surface area (Å²) in [5.74, 6) is -0.898. The maximum atomic E-state index is 13.9. The van der Waals surface area contributed by atoms with Crippen molar-refractivity contribution < 1.29 is 18.0 Å². The van der Waals surface area contributed by atoms with Crippen molar-refractivity contribution in [2.75, 3.05) is 24.2 Å². The summed E-state index contributed by atoms with van der Waals surface area (Å²) in [6, 6.07) is 20.6. The summed E-state index contributed by atoms with van der Waals surface area (Å²) in [5, 5.41) is 3.09. The van der Waals surface area contributed by atoms with Crippen LogP contribution in [0, 0.1) is 6.92 Å². The predicted molar refractivity (Wildman–Crippen MR) is 151 cm³/mol. The number of carbonyl (C=O) groups excluding carboxylic acids is 2. The normalized spacial score (nSPS) is 12.0. The molecule has 1 atom stereocenters. The minimum atomic E-state index is -3.82. The number of amides is 2. The van der Waals surface area contributed by atoms with E-state index in [1.165, 1.54) is 11.9 Å². The second-order valence-electron chi connectivity index (χ2n) is 8.64. The molecule has 0 aliphatic rings. The van der Waals surface area contributed by atoms with Crippen molar-refractivity contribution in [3.8, 4) is 0 Å². The lowest BCUT2D eigenvalue weighted by Gasteiger charge is -2.33.